The smallest absolute Gasteiger partial charge is 0.164 e. The van der Waals surface area contributed by atoms with Crippen LogP contribution in [0.2, 0.25) is 0 Å². The molecule has 1 aliphatic rings. The van der Waals surface area contributed by atoms with Crippen LogP contribution < -0.4 is 5.32 Å². The molecule has 0 spiro atoms. The van der Waals surface area contributed by atoms with Crippen molar-refractivity contribution < 1.29 is 9.18 Å². The first-order valence-electron chi connectivity index (χ1n) is 7.57. The summed E-state index contributed by atoms with van der Waals surface area (Å²) in [5, 5.41) is 7.75. The second-order valence-electron chi connectivity index (χ2n) is 5.58. The van der Waals surface area contributed by atoms with Crippen LogP contribution in [0.3, 0.4) is 0 Å². The van der Waals surface area contributed by atoms with Crippen molar-refractivity contribution in [2.45, 2.75) is 45.7 Å². The summed E-state index contributed by atoms with van der Waals surface area (Å²) < 4.78 is 15.8. The predicted octanol–water partition coefficient (Wildman–Crippen LogP) is 2.61. The largest absolute Gasteiger partial charge is 0.380 e. The van der Waals surface area contributed by atoms with E-state index in [1.165, 1.54) is 13.0 Å². The molecule has 6 heteroatoms. The lowest BCUT2D eigenvalue weighted by Gasteiger charge is -2.25. The SMILES string of the molecule is CCc1nc2n(n1)C[C@@H](Nc1cccc(F)c1C(C)=O)CC2. The van der Waals surface area contributed by atoms with Crippen molar-refractivity contribution in [1.82, 2.24) is 14.8 Å². The molecule has 1 N–H and O–H groups in total. The molecule has 0 radical (unpaired) electrons. The summed E-state index contributed by atoms with van der Waals surface area (Å²) in [6.45, 7) is 4.09. The van der Waals surface area contributed by atoms with Crippen molar-refractivity contribution >= 4 is 11.5 Å². The maximum atomic E-state index is 13.9. The van der Waals surface area contributed by atoms with Gasteiger partial charge in [0.2, 0.25) is 0 Å². The molecule has 0 saturated heterocycles. The number of hydrogen-bond acceptors (Lipinski definition) is 4. The van der Waals surface area contributed by atoms with Crippen LogP contribution >= 0.6 is 0 Å². The average molecular weight is 302 g/mol. The Hall–Kier alpha value is -2.24. The molecule has 1 atom stereocenters. The number of aryl methyl sites for hydroxylation is 2. The van der Waals surface area contributed by atoms with Gasteiger partial charge in [0.15, 0.2) is 11.6 Å². The summed E-state index contributed by atoms with van der Waals surface area (Å²) in [5.74, 6) is 1.10. The highest BCUT2D eigenvalue weighted by Crippen LogP contribution is 2.23. The number of Topliss-reactive ketones (excluding diaryl/α,β-unsaturated/α-hetero) is 1. The summed E-state index contributed by atoms with van der Waals surface area (Å²) in [5.41, 5.74) is 0.679. The molecule has 0 unspecified atom stereocenters. The number of ketones is 1. The van der Waals surface area contributed by atoms with Crippen LogP contribution in [0.5, 0.6) is 0 Å². The summed E-state index contributed by atoms with van der Waals surface area (Å²) in [4.78, 5) is 16.1. The lowest BCUT2D eigenvalue weighted by Crippen LogP contribution is -2.32. The van der Waals surface area contributed by atoms with E-state index in [0.29, 0.717) is 12.2 Å². The van der Waals surface area contributed by atoms with Gasteiger partial charge < -0.3 is 5.32 Å². The normalized spacial score (nSPS) is 17.1. The number of fused-ring (bicyclic) bond motifs is 1. The molecular weight excluding hydrogens is 283 g/mol. The Morgan fingerprint density at radius 2 is 2.32 bits per heavy atom. The van der Waals surface area contributed by atoms with Gasteiger partial charge in [0, 0.05) is 24.6 Å². The van der Waals surface area contributed by atoms with Gasteiger partial charge in [-0.1, -0.05) is 13.0 Å². The van der Waals surface area contributed by atoms with E-state index in [2.05, 4.69) is 15.4 Å². The zero-order valence-electron chi connectivity index (χ0n) is 12.8. The van der Waals surface area contributed by atoms with Gasteiger partial charge in [0.25, 0.3) is 0 Å². The second kappa shape index (κ2) is 5.87. The number of nitrogens with zero attached hydrogens (tertiary/aromatic N) is 3. The van der Waals surface area contributed by atoms with Crippen LogP contribution in [0.25, 0.3) is 0 Å². The lowest BCUT2D eigenvalue weighted by atomic mass is 10.0. The monoisotopic (exact) mass is 302 g/mol. The van der Waals surface area contributed by atoms with E-state index in [9.17, 15) is 9.18 Å². The van der Waals surface area contributed by atoms with E-state index in [1.807, 2.05) is 11.6 Å². The molecule has 2 heterocycles. The Morgan fingerprint density at radius 3 is 3.05 bits per heavy atom. The molecule has 1 aromatic heterocycles. The third-order valence-corrected chi connectivity index (χ3v) is 3.94. The molecular formula is C16H19FN4O. The zero-order chi connectivity index (χ0) is 15.7. The molecule has 3 rings (SSSR count). The molecule has 1 aliphatic heterocycles. The number of aromatic nitrogens is 3. The fraction of sp³-hybridized carbons (Fsp3) is 0.438. The van der Waals surface area contributed by atoms with E-state index < -0.39 is 5.82 Å². The van der Waals surface area contributed by atoms with Crippen LogP contribution in [-0.2, 0) is 19.4 Å². The van der Waals surface area contributed by atoms with Gasteiger partial charge in [0.1, 0.15) is 11.6 Å². The Balaban J connectivity index is 1.80. The molecule has 0 fully saturated rings. The number of carbonyl (C=O) groups is 1. The topological polar surface area (TPSA) is 59.8 Å². The van der Waals surface area contributed by atoms with Gasteiger partial charge in [-0.15, -0.1) is 0 Å². The highest BCUT2D eigenvalue weighted by molar-refractivity contribution is 5.99. The number of nitrogens with one attached hydrogen (secondary N) is 1. The van der Waals surface area contributed by atoms with Crippen LogP contribution in [0.1, 0.15) is 42.3 Å². The van der Waals surface area contributed by atoms with Crippen LogP contribution in [0.15, 0.2) is 18.2 Å². The fourth-order valence-electron chi connectivity index (χ4n) is 2.85. The number of carbonyl (C=O) groups excluding carboxylic acids is 1. The number of anilines is 1. The van der Waals surface area contributed by atoms with E-state index in [4.69, 9.17) is 0 Å². The molecule has 2 aromatic rings. The highest BCUT2D eigenvalue weighted by atomic mass is 19.1. The zero-order valence-corrected chi connectivity index (χ0v) is 12.8. The summed E-state index contributed by atoms with van der Waals surface area (Å²) in [6, 6.07) is 4.78. The quantitative estimate of drug-likeness (QED) is 0.882. The van der Waals surface area contributed by atoms with Crippen molar-refractivity contribution in [1.29, 1.82) is 0 Å². The third-order valence-electron chi connectivity index (χ3n) is 3.94. The summed E-state index contributed by atoms with van der Waals surface area (Å²) in [7, 11) is 0. The molecule has 0 bridgehead atoms. The first-order chi connectivity index (χ1) is 10.6. The van der Waals surface area contributed by atoms with Gasteiger partial charge in [0.05, 0.1) is 12.1 Å². The van der Waals surface area contributed by atoms with E-state index in [-0.39, 0.29) is 17.4 Å². The number of benzene rings is 1. The number of hydrogen-bond donors (Lipinski definition) is 1. The highest BCUT2D eigenvalue weighted by Gasteiger charge is 2.23. The third kappa shape index (κ3) is 2.73. The van der Waals surface area contributed by atoms with Crippen LogP contribution in [-0.4, -0.2) is 26.6 Å². The molecule has 22 heavy (non-hydrogen) atoms. The maximum Gasteiger partial charge on any atom is 0.164 e. The van der Waals surface area contributed by atoms with Crippen molar-refractivity contribution in [2.24, 2.45) is 0 Å². The van der Waals surface area contributed by atoms with Crippen molar-refractivity contribution in [3.8, 4) is 0 Å². The molecule has 0 aliphatic carbocycles. The van der Waals surface area contributed by atoms with Gasteiger partial charge in [-0.25, -0.2) is 14.1 Å². The molecule has 116 valence electrons. The number of rotatable bonds is 4. The van der Waals surface area contributed by atoms with Crippen molar-refractivity contribution in [3.05, 3.63) is 41.2 Å². The van der Waals surface area contributed by atoms with E-state index in [0.717, 1.165) is 30.9 Å². The summed E-state index contributed by atoms with van der Waals surface area (Å²) >= 11 is 0. The van der Waals surface area contributed by atoms with E-state index in [1.54, 1.807) is 12.1 Å². The van der Waals surface area contributed by atoms with Crippen LogP contribution in [0, 0.1) is 5.82 Å². The Kier molecular flexibility index (Phi) is 3.92. The first kappa shape index (κ1) is 14.7. The van der Waals surface area contributed by atoms with Gasteiger partial charge >= 0.3 is 0 Å². The molecule has 1 aromatic carbocycles. The standard InChI is InChI=1S/C16H19FN4O/c1-3-14-19-15-8-7-11(9-21(15)20-14)18-13-6-4-5-12(17)16(13)10(2)22/h4-6,11,18H,3,7-9H2,1-2H3/t11-/m0/s1. The minimum absolute atomic E-state index is 0.110. The van der Waals surface area contributed by atoms with Gasteiger partial charge in [-0.3, -0.25) is 4.79 Å². The van der Waals surface area contributed by atoms with Crippen molar-refractivity contribution in [2.75, 3.05) is 5.32 Å². The van der Waals surface area contributed by atoms with Crippen molar-refractivity contribution in [3.63, 3.8) is 0 Å². The molecule has 0 saturated carbocycles. The Bertz CT molecular complexity index is 710. The van der Waals surface area contributed by atoms with Crippen LogP contribution in [0.4, 0.5) is 10.1 Å². The fourth-order valence-corrected chi connectivity index (χ4v) is 2.85. The lowest BCUT2D eigenvalue weighted by molar-refractivity contribution is 0.101. The van der Waals surface area contributed by atoms with Gasteiger partial charge in [-0.05, 0) is 25.5 Å². The second-order valence-corrected chi connectivity index (χ2v) is 5.58. The van der Waals surface area contributed by atoms with E-state index >= 15 is 0 Å². The number of halogens is 1. The maximum absolute atomic E-state index is 13.9. The first-order valence-corrected chi connectivity index (χ1v) is 7.57. The predicted molar refractivity (Wildman–Crippen MR) is 81.5 cm³/mol. The summed E-state index contributed by atoms with van der Waals surface area (Å²) in [6.07, 6.45) is 2.53. The minimum Gasteiger partial charge on any atom is -0.380 e. The average Bonchev–Trinajstić information content (AvgIpc) is 2.89. The molecule has 0 amide bonds. The minimum atomic E-state index is -0.483. The molecule has 5 nitrogen and oxygen atoms in total. The Morgan fingerprint density at radius 1 is 1.50 bits per heavy atom. The Labute approximate surface area is 128 Å². The van der Waals surface area contributed by atoms with Gasteiger partial charge in [-0.2, -0.15) is 5.10 Å².